The topological polar surface area (TPSA) is 70.0 Å². The van der Waals surface area contributed by atoms with Gasteiger partial charge in [0.15, 0.2) is 11.6 Å². The minimum Gasteiger partial charge on any atom is -0.292 e. The van der Waals surface area contributed by atoms with E-state index in [0.717, 1.165) is 51.4 Å². The van der Waals surface area contributed by atoms with E-state index < -0.39 is 6.04 Å². The van der Waals surface area contributed by atoms with E-state index in [1.165, 1.54) is 6.42 Å². The molecule has 6 nitrogen and oxygen atoms in total. The van der Waals surface area contributed by atoms with Crippen molar-refractivity contribution in [2.75, 3.05) is 7.05 Å². The second-order valence-corrected chi connectivity index (χ2v) is 8.44. The van der Waals surface area contributed by atoms with Crippen LogP contribution < -0.4 is 0 Å². The Morgan fingerprint density at radius 2 is 1.38 bits per heavy atom. The molecule has 1 saturated heterocycles. The maximum Gasteiger partial charge on any atom is 0.263 e. The summed E-state index contributed by atoms with van der Waals surface area (Å²) >= 11 is 0. The molecule has 4 unspecified atom stereocenters. The Hall–Kier alpha value is -1.56. The third kappa shape index (κ3) is 2.73. The Labute approximate surface area is 155 Å². The van der Waals surface area contributed by atoms with Gasteiger partial charge in [0.25, 0.3) is 5.91 Å². The molecule has 1 amide bonds. The number of Topliss-reactive ketones (excluding diaryl/α,β-unsaturated/α-hetero) is 2. The normalized spacial score (nSPS) is 36.8. The monoisotopic (exact) mass is 359 g/mol. The average molecular weight is 359 g/mol. The molecule has 3 aliphatic carbocycles. The largest absolute Gasteiger partial charge is 0.292 e. The highest BCUT2D eigenvalue weighted by molar-refractivity contribution is 6.70. The number of carbonyl (C=O) groups excluding carboxylic acids is 3. The number of amides is 1. The van der Waals surface area contributed by atoms with Crippen LogP contribution in [0, 0.1) is 11.8 Å². The summed E-state index contributed by atoms with van der Waals surface area (Å²) in [7, 11) is 1.93. The molecule has 1 heterocycles. The summed E-state index contributed by atoms with van der Waals surface area (Å²) in [5.74, 6) is -0.644. The van der Waals surface area contributed by atoms with Gasteiger partial charge in [0, 0.05) is 24.9 Å². The van der Waals surface area contributed by atoms with Crippen LogP contribution >= 0.6 is 0 Å². The molecule has 26 heavy (non-hydrogen) atoms. The highest BCUT2D eigenvalue weighted by Gasteiger charge is 2.50. The third-order valence-corrected chi connectivity index (χ3v) is 6.96. The first-order valence-corrected chi connectivity index (χ1v) is 10.2. The molecule has 6 heteroatoms. The van der Waals surface area contributed by atoms with Crippen molar-refractivity contribution in [2.24, 2.45) is 16.8 Å². The van der Waals surface area contributed by atoms with E-state index in [-0.39, 0.29) is 47.1 Å². The number of hydrogen-bond donors (Lipinski definition) is 0. The first-order valence-electron chi connectivity index (χ1n) is 10.2. The van der Waals surface area contributed by atoms with Gasteiger partial charge in [-0.05, 0) is 32.6 Å². The molecule has 4 rings (SSSR count). The molecular formula is C20H29N3O3. The highest BCUT2D eigenvalue weighted by atomic mass is 16.2. The molecule has 0 aromatic rings. The molecule has 0 aromatic heterocycles. The van der Waals surface area contributed by atoms with Crippen LogP contribution in [0.15, 0.2) is 4.99 Å². The summed E-state index contributed by atoms with van der Waals surface area (Å²) in [4.78, 5) is 43.1. The van der Waals surface area contributed by atoms with Crippen LogP contribution in [0.1, 0.15) is 64.7 Å². The number of aliphatic imine (C=N–C) groups is 1. The van der Waals surface area contributed by atoms with Gasteiger partial charge < -0.3 is 0 Å². The Kier molecular flexibility index (Phi) is 4.71. The summed E-state index contributed by atoms with van der Waals surface area (Å²) < 4.78 is 0. The lowest BCUT2D eigenvalue weighted by atomic mass is 9.81. The van der Waals surface area contributed by atoms with Crippen molar-refractivity contribution in [3.05, 3.63) is 0 Å². The number of nitrogens with zero attached hydrogens (tertiary/aromatic N) is 3. The Morgan fingerprint density at radius 3 is 1.96 bits per heavy atom. The van der Waals surface area contributed by atoms with Crippen molar-refractivity contribution in [1.82, 2.24) is 10.0 Å². The number of hydrogen-bond acceptors (Lipinski definition) is 5. The van der Waals surface area contributed by atoms with E-state index >= 15 is 0 Å². The molecule has 142 valence electrons. The fourth-order valence-corrected chi connectivity index (χ4v) is 5.32. The molecule has 0 radical (unpaired) electrons. The molecule has 0 spiro atoms. The summed E-state index contributed by atoms with van der Waals surface area (Å²) in [5, 5.41) is 3.83. The minimum atomic E-state index is -0.634. The van der Waals surface area contributed by atoms with Gasteiger partial charge in [-0.1, -0.05) is 32.1 Å². The standard InChI is InChI=1S/C20H29N3O3/c1-12-16(20(26)23(22(12)2)13-8-4-3-5-9-13)21-17-18(24)14-10-6-7-11-15(14)19(17)25/h12-16H,3-11H2,1-2H3. The number of carbonyl (C=O) groups is 3. The van der Waals surface area contributed by atoms with Crippen molar-refractivity contribution >= 4 is 23.2 Å². The van der Waals surface area contributed by atoms with Gasteiger partial charge in [0.2, 0.25) is 0 Å². The molecule has 4 fully saturated rings. The fourth-order valence-electron chi connectivity index (χ4n) is 5.32. The first-order chi connectivity index (χ1) is 12.5. The summed E-state index contributed by atoms with van der Waals surface area (Å²) in [6, 6.07) is -0.531. The van der Waals surface area contributed by atoms with Crippen LogP contribution in [0.4, 0.5) is 0 Å². The van der Waals surface area contributed by atoms with E-state index in [9.17, 15) is 14.4 Å². The van der Waals surface area contributed by atoms with Gasteiger partial charge in [0.05, 0.1) is 6.04 Å². The second-order valence-electron chi connectivity index (χ2n) is 8.44. The van der Waals surface area contributed by atoms with Crippen LogP contribution in [0.2, 0.25) is 0 Å². The molecule has 1 aliphatic heterocycles. The SMILES string of the molecule is CC1C(N=C2C(=O)C3CCCCC3C2=O)C(=O)N(C2CCCCC2)N1C. The van der Waals surface area contributed by atoms with Gasteiger partial charge in [-0.3, -0.25) is 24.4 Å². The zero-order valence-corrected chi connectivity index (χ0v) is 15.8. The average Bonchev–Trinajstić information content (AvgIpc) is 3.03. The molecule has 0 aromatic carbocycles. The third-order valence-electron chi connectivity index (χ3n) is 6.96. The summed E-state index contributed by atoms with van der Waals surface area (Å²) in [6.45, 7) is 1.96. The van der Waals surface area contributed by atoms with Crippen LogP contribution in [-0.4, -0.2) is 58.4 Å². The van der Waals surface area contributed by atoms with Gasteiger partial charge in [-0.25, -0.2) is 5.01 Å². The van der Waals surface area contributed by atoms with Crippen molar-refractivity contribution in [1.29, 1.82) is 0 Å². The second kappa shape index (κ2) is 6.87. The number of hydrazine groups is 1. The number of likely N-dealkylation sites (N-methyl/N-ethyl adjacent to an activating group) is 1. The van der Waals surface area contributed by atoms with Gasteiger partial charge in [0.1, 0.15) is 11.8 Å². The Balaban J connectivity index is 1.59. The molecule has 0 N–H and O–H groups in total. The van der Waals surface area contributed by atoms with Crippen LogP contribution in [-0.2, 0) is 14.4 Å². The zero-order chi connectivity index (χ0) is 18.4. The lowest BCUT2D eigenvalue weighted by molar-refractivity contribution is -0.143. The van der Waals surface area contributed by atoms with Crippen LogP contribution in [0.3, 0.4) is 0 Å². The predicted octanol–water partition coefficient (Wildman–Crippen LogP) is 2.16. The van der Waals surface area contributed by atoms with Gasteiger partial charge in [-0.2, -0.15) is 0 Å². The Bertz CT molecular complexity index is 627. The van der Waals surface area contributed by atoms with E-state index in [1.807, 2.05) is 24.0 Å². The quantitative estimate of drug-likeness (QED) is 0.758. The fraction of sp³-hybridized carbons (Fsp3) is 0.800. The number of rotatable bonds is 2. The maximum atomic E-state index is 13.1. The molecule has 4 atom stereocenters. The van der Waals surface area contributed by atoms with Gasteiger partial charge >= 0.3 is 0 Å². The summed E-state index contributed by atoms with van der Waals surface area (Å²) in [6.07, 6.45) is 9.16. The minimum absolute atomic E-state index is 0.0464. The van der Waals surface area contributed by atoms with E-state index in [4.69, 9.17) is 0 Å². The van der Waals surface area contributed by atoms with E-state index in [0.29, 0.717) is 0 Å². The zero-order valence-electron chi connectivity index (χ0n) is 15.8. The lowest BCUT2D eigenvalue weighted by Gasteiger charge is -2.36. The van der Waals surface area contributed by atoms with E-state index in [2.05, 4.69) is 4.99 Å². The molecular weight excluding hydrogens is 330 g/mol. The smallest absolute Gasteiger partial charge is 0.263 e. The first kappa shape index (κ1) is 17.8. The lowest BCUT2D eigenvalue weighted by Crippen LogP contribution is -2.46. The molecule has 4 aliphatic rings. The van der Waals surface area contributed by atoms with Crippen molar-refractivity contribution in [3.8, 4) is 0 Å². The van der Waals surface area contributed by atoms with Crippen molar-refractivity contribution < 1.29 is 14.4 Å². The van der Waals surface area contributed by atoms with Gasteiger partial charge in [-0.15, -0.1) is 0 Å². The molecule has 3 saturated carbocycles. The highest BCUT2D eigenvalue weighted by Crippen LogP contribution is 2.38. The summed E-state index contributed by atoms with van der Waals surface area (Å²) in [5.41, 5.74) is 0.0750. The van der Waals surface area contributed by atoms with Crippen LogP contribution in [0.25, 0.3) is 0 Å². The predicted molar refractivity (Wildman–Crippen MR) is 97.6 cm³/mol. The van der Waals surface area contributed by atoms with Crippen molar-refractivity contribution in [3.63, 3.8) is 0 Å². The number of fused-ring (bicyclic) bond motifs is 1. The molecule has 0 bridgehead atoms. The maximum absolute atomic E-state index is 13.1. The van der Waals surface area contributed by atoms with Crippen molar-refractivity contribution in [2.45, 2.75) is 82.8 Å². The van der Waals surface area contributed by atoms with Crippen LogP contribution in [0.5, 0.6) is 0 Å². The van der Waals surface area contributed by atoms with E-state index in [1.54, 1.807) is 0 Å². The Morgan fingerprint density at radius 1 is 0.846 bits per heavy atom. The number of ketones is 2.